The van der Waals surface area contributed by atoms with E-state index in [1.165, 1.54) is 24.4 Å². The fourth-order valence-electron chi connectivity index (χ4n) is 2.30. The lowest BCUT2D eigenvalue weighted by atomic mass is 10.2. The third-order valence-electron chi connectivity index (χ3n) is 3.54. The molecule has 2 aromatic rings. The molecule has 0 heterocycles. The maximum atomic E-state index is 11.4. The van der Waals surface area contributed by atoms with Gasteiger partial charge in [-0.15, -0.1) is 0 Å². The van der Waals surface area contributed by atoms with Gasteiger partial charge >= 0.3 is 11.7 Å². The van der Waals surface area contributed by atoms with Crippen LogP contribution < -0.4 is 14.9 Å². The second-order valence-electron chi connectivity index (χ2n) is 5.66. The molecular weight excluding hydrogens is 366 g/mol. The van der Waals surface area contributed by atoms with Crippen molar-refractivity contribution in [2.45, 2.75) is 20.3 Å². The molecule has 9 heteroatoms. The number of hydrogen-bond acceptors (Lipinski definition) is 7. The second kappa shape index (κ2) is 9.91. The molecule has 0 unspecified atom stereocenters. The summed E-state index contributed by atoms with van der Waals surface area (Å²) in [5.74, 6) is -0.642. The van der Waals surface area contributed by atoms with Crippen LogP contribution in [0.3, 0.4) is 0 Å². The average Bonchev–Trinajstić information content (AvgIpc) is 2.67. The Labute approximate surface area is 161 Å². The van der Waals surface area contributed by atoms with Crippen molar-refractivity contribution in [3.8, 4) is 11.5 Å². The number of carboxylic acid groups (broad SMARTS) is 1. The summed E-state index contributed by atoms with van der Waals surface area (Å²) in [4.78, 5) is 21.8. The molecule has 2 rings (SSSR count). The number of hydrazone groups is 1. The van der Waals surface area contributed by atoms with E-state index in [0.29, 0.717) is 30.9 Å². The smallest absolute Gasteiger partial charge is 0.335 e. The number of nitro groups is 1. The van der Waals surface area contributed by atoms with Gasteiger partial charge in [-0.3, -0.25) is 15.5 Å². The molecule has 0 saturated heterocycles. The lowest BCUT2D eigenvalue weighted by molar-refractivity contribution is -0.386. The van der Waals surface area contributed by atoms with E-state index in [1.54, 1.807) is 25.1 Å². The van der Waals surface area contributed by atoms with Gasteiger partial charge in [0.05, 0.1) is 35.6 Å². The van der Waals surface area contributed by atoms with Crippen LogP contribution >= 0.6 is 0 Å². The zero-order valence-electron chi connectivity index (χ0n) is 15.5. The molecule has 0 aliphatic carbocycles. The molecule has 0 saturated carbocycles. The predicted molar refractivity (Wildman–Crippen MR) is 105 cm³/mol. The van der Waals surface area contributed by atoms with E-state index < -0.39 is 10.9 Å². The first-order valence-corrected chi connectivity index (χ1v) is 8.66. The zero-order valence-corrected chi connectivity index (χ0v) is 15.5. The molecule has 2 aromatic carbocycles. The fourth-order valence-corrected chi connectivity index (χ4v) is 2.30. The van der Waals surface area contributed by atoms with Crippen LogP contribution in [-0.2, 0) is 0 Å². The number of benzene rings is 2. The minimum Gasteiger partial charge on any atom is -0.490 e. The van der Waals surface area contributed by atoms with Crippen LogP contribution in [0.5, 0.6) is 11.5 Å². The van der Waals surface area contributed by atoms with Gasteiger partial charge in [-0.05, 0) is 43.7 Å². The van der Waals surface area contributed by atoms with Crippen molar-refractivity contribution in [1.82, 2.24) is 0 Å². The van der Waals surface area contributed by atoms with Gasteiger partial charge in [-0.2, -0.15) is 5.10 Å². The van der Waals surface area contributed by atoms with Gasteiger partial charge in [0.1, 0.15) is 0 Å². The first kappa shape index (κ1) is 20.7. The maximum absolute atomic E-state index is 11.4. The SMILES string of the molecule is CCCOc1c(OCC)cc(C=NNc2ccc(C(=O)O)cc2)cc1[N+](=O)[O-]. The lowest BCUT2D eigenvalue weighted by Crippen LogP contribution is -2.04. The van der Waals surface area contributed by atoms with Gasteiger partial charge in [-0.25, -0.2) is 4.79 Å². The van der Waals surface area contributed by atoms with E-state index in [2.05, 4.69) is 10.5 Å². The Balaban J connectivity index is 2.25. The first-order valence-electron chi connectivity index (χ1n) is 8.66. The first-order chi connectivity index (χ1) is 13.5. The summed E-state index contributed by atoms with van der Waals surface area (Å²) in [5, 5.41) is 24.4. The van der Waals surface area contributed by atoms with Crippen LogP contribution in [0.25, 0.3) is 0 Å². The second-order valence-corrected chi connectivity index (χ2v) is 5.66. The van der Waals surface area contributed by atoms with Crippen molar-refractivity contribution in [2.24, 2.45) is 5.10 Å². The largest absolute Gasteiger partial charge is 0.490 e. The molecule has 0 spiro atoms. The molecule has 0 bridgehead atoms. The summed E-state index contributed by atoms with van der Waals surface area (Å²) in [5.41, 5.74) is 3.73. The maximum Gasteiger partial charge on any atom is 0.335 e. The standard InChI is InChI=1S/C19H21N3O6/c1-3-9-28-18-16(22(25)26)10-13(11-17(18)27-4-2)12-20-21-15-7-5-14(6-8-15)19(23)24/h5-8,10-12,21H,3-4,9H2,1-2H3,(H,23,24). The summed E-state index contributed by atoms with van der Waals surface area (Å²) in [6.45, 7) is 4.34. The van der Waals surface area contributed by atoms with Crippen LogP contribution in [0, 0.1) is 10.1 Å². The van der Waals surface area contributed by atoms with Crippen LogP contribution in [0.1, 0.15) is 36.2 Å². The van der Waals surface area contributed by atoms with Crippen LogP contribution in [0.2, 0.25) is 0 Å². The Kier molecular flexibility index (Phi) is 7.32. The van der Waals surface area contributed by atoms with Gasteiger partial charge in [0, 0.05) is 11.6 Å². The Hall–Kier alpha value is -3.62. The van der Waals surface area contributed by atoms with Crippen molar-refractivity contribution in [3.63, 3.8) is 0 Å². The Morgan fingerprint density at radius 2 is 1.96 bits per heavy atom. The topological polar surface area (TPSA) is 123 Å². The van der Waals surface area contributed by atoms with Crippen LogP contribution in [0.4, 0.5) is 11.4 Å². The van der Waals surface area contributed by atoms with Crippen molar-refractivity contribution in [2.75, 3.05) is 18.6 Å². The summed E-state index contributed by atoms with van der Waals surface area (Å²) in [6.07, 6.45) is 2.11. The molecule has 28 heavy (non-hydrogen) atoms. The number of ether oxygens (including phenoxy) is 2. The third-order valence-corrected chi connectivity index (χ3v) is 3.54. The van der Waals surface area contributed by atoms with Crippen LogP contribution in [0.15, 0.2) is 41.5 Å². The van der Waals surface area contributed by atoms with Gasteiger partial charge in [0.15, 0.2) is 5.75 Å². The van der Waals surface area contributed by atoms with Crippen molar-refractivity contribution in [1.29, 1.82) is 0 Å². The van der Waals surface area contributed by atoms with E-state index in [4.69, 9.17) is 14.6 Å². The van der Waals surface area contributed by atoms with Gasteiger partial charge in [0.2, 0.25) is 5.75 Å². The lowest BCUT2D eigenvalue weighted by Gasteiger charge is -2.12. The quantitative estimate of drug-likeness (QED) is 0.360. The molecule has 0 aliphatic rings. The molecule has 0 amide bonds. The zero-order chi connectivity index (χ0) is 20.5. The predicted octanol–water partition coefficient (Wildman–Crippen LogP) is 3.93. The Bertz CT molecular complexity index is 865. The number of nitro benzene ring substituents is 1. The summed E-state index contributed by atoms with van der Waals surface area (Å²) in [7, 11) is 0. The molecule has 0 aromatic heterocycles. The summed E-state index contributed by atoms with van der Waals surface area (Å²) in [6, 6.07) is 8.98. The van der Waals surface area contributed by atoms with Crippen molar-refractivity contribution < 1.29 is 24.3 Å². The molecular formula is C19H21N3O6. The van der Waals surface area contributed by atoms with E-state index in [0.717, 1.165) is 0 Å². The van der Waals surface area contributed by atoms with Crippen LogP contribution in [-0.4, -0.2) is 35.4 Å². The number of nitrogens with zero attached hydrogens (tertiary/aromatic N) is 2. The van der Waals surface area contributed by atoms with Gasteiger partial charge < -0.3 is 14.6 Å². The highest BCUT2D eigenvalue weighted by Crippen LogP contribution is 2.38. The number of aromatic carboxylic acids is 1. The minimum absolute atomic E-state index is 0.100. The van der Waals surface area contributed by atoms with Gasteiger partial charge in [0.25, 0.3) is 0 Å². The average molecular weight is 387 g/mol. The van der Waals surface area contributed by atoms with E-state index in [9.17, 15) is 14.9 Å². The molecule has 0 radical (unpaired) electrons. The Morgan fingerprint density at radius 1 is 1.25 bits per heavy atom. The van der Waals surface area contributed by atoms with E-state index in [-0.39, 0.29) is 22.7 Å². The molecule has 0 atom stereocenters. The molecule has 0 aliphatic heterocycles. The monoisotopic (exact) mass is 387 g/mol. The highest BCUT2D eigenvalue weighted by molar-refractivity contribution is 5.88. The van der Waals surface area contributed by atoms with Crippen molar-refractivity contribution >= 4 is 23.6 Å². The number of hydrogen-bond donors (Lipinski definition) is 2. The number of rotatable bonds is 10. The fraction of sp³-hybridized carbons (Fsp3) is 0.263. The third kappa shape index (κ3) is 5.44. The highest BCUT2D eigenvalue weighted by atomic mass is 16.6. The Morgan fingerprint density at radius 3 is 2.54 bits per heavy atom. The molecule has 2 N–H and O–H groups in total. The summed E-state index contributed by atoms with van der Waals surface area (Å²) < 4.78 is 11.0. The molecule has 148 valence electrons. The van der Waals surface area contributed by atoms with Gasteiger partial charge in [-0.1, -0.05) is 6.92 Å². The normalized spacial score (nSPS) is 10.6. The van der Waals surface area contributed by atoms with E-state index >= 15 is 0 Å². The number of nitrogens with one attached hydrogen (secondary N) is 1. The minimum atomic E-state index is -1.02. The van der Waals surface area contributed by atoms with E-state index in [1.807, 2.05) is 6.92 Å². The summed E-state index contributed by atoms with van der Waals surface area (Å²) >= 11 is 0. The van der Waals surface area contributed by atoms with Crippen molar-refractivity contribution in [3.05, 3.63) is 57.6 Å². The number of carbonyl (C=O) groups is 1. The molecule has 9 nitrogen and oxygen atoms in total. The highest BCUT2D eigenvalue weighted by Gasteiger charge is 2.22. The number of anilines is 1. The molecule has 0 fully saturated rings. The number of carboxylic acids is 1.